The molecule has 0 heterocycles. The van der Waals surface area contributed by atoms with Crippen LogP contribution in [0.2, 0.25) is 0 Å². The van der Waals surface area contributed by atoms with Gasteiger partial charge in [-0.1, -0.05) is 393 Å². The van der Waals surface area contributed by atoms with Crippen LogP contribution in [0.4, 0.5) is 0 Å². The minimum atomic E-state index is 0.0366. The van der Waals surface area contributed by atoms with Crippen LogP contribution < -0.4 is 0 Å². The van der Waals surface area contributed by atoms with Gasteiger partial charge in [-0.3, -0.25) is 4.79 Å². The van der Waals surface area contributed by atoms with Gasteiger partial charge in [0.1, 0.15) is 0 Å². The summed E-state index contributed by atoms with van der Waals surface area (Å²) in [6, 6.07) is 0. The predicted octanol–water partition coefficient (Wildman–Crippen LogP) is 24.8. The maximum absolute atomic E-state index is 12.1. The molecule has 0 saturated carbocycles. The van der Waals surface area contributed by atoms with Crippen LogP contribution in [0.3, 0.4) is 0 Å². The molecule has 0 radical (unpaired) electrons. The summed E-state index contributed by atoms with van der Waals surface area (Å²) in [7, 11) is 0. The Labute approximate surface area is 432 Å². The topological polar surface area (TPSA) is 26.3 Å². The van der Waals surface area contributed by atoms with Crippen LogP contribution >= 0.6 is 0 Å². The monoisotopic (exact) mass is 957 g/mol. The van der Waals surface area contributed by atoms with E-state index in [9.17, 15) is 4.79 Å². The maximum atomic E-state index is 12.1. The van der Waals surface area contributed by atoms with Gasteiger partial charge in [-0.2, -0.15) is 0 Å². The van der Waals surface area contributed by atoms with Crippen LogP contribution in [0.15, 0.2) is 0 Å². The summed E-state index contributed by atoms with van der Waals surface area (Å²) in [5.41, 5.74) is 0. The highest BCUT2D eigenvalue weighted by Crippen LogP contribution is 2.19. The number of hydrogen-bond donors (Lipinski definition) is 0. The largest absolute Gasteiger partial charge is 0.466 e. The van der Waals surface area contributed by atoms with E-state index in [-0.39, 0.29) is 5.97 Å². The molecule has 0 aromatic carbocycles. The van der Waals surface area contributed by atoms with Gasteiger partial charge in [-0.25, -0.2) is 0 Å². The molecule has 0 amide bonds. The van der Waals surface area contributed by atoms with Gasteiger partial charge in [0, 0.05) is 6.42 Å². The van der Waals surface area contributed by atoms with Crippen LogP contribution in [0.25, 0.3) is 0 Å². The summed E-state index contributed by atoms with van der Waals surface area (Å²) in [5.74, 6) is 0.0366. The highest BCUT2D eigenvalue weighted by atomic mass is 16.5. The zero-order chi connectivity index (χ0) is 48.8. The van der Waals surface area contributed by atoms with Crippen molar-refractivity contribution < 1.29 is 9.53 Å². The number of hydrogen-bond acceptors (Lipinski definition) is 2. The number of carbonyl (C=O) groups excluding carboxylic acids is 1. The zero-order valence-electron chi connectivity index (χ0n) is 47.9. The quantitative estimate of drug-likeness (QED) is 0.0449. The molecule has 0 aliphatic rings. The molecule has 2 heteroatoms. The number of rotatable bonds is 63. The average Bonchev–Trinajstić information content (AvgIpc) is 3.35. The minimum Gasteiger partial charge on any atom is -0.466 e. The highest BCUT2D eigenvalue weighted by Gasteiger charge is 2.04. The first-order valence-electron chi connectivity index (χ1n) is 33.0. The van der Waals surface area contributed by atoms with Gasteiger partial charge in [0.25, 0.3) is 0 Å². The van der Waals surface area contributed by atoms with Gasteiger partial charge in [0.2, 0.25) is 0 Å². The Balaban J connectivity index is 3.13. The molecule has 0 rings (SSSR count). The van der Waals surface area contributed by atoms with E-state index in [0.29, 0.717) is 13.0 Å². The zero-order valence-corrected chi connectivity index (χ0v) is 47.9. The molecule has 2 nitrogen and oxygen atoms in total. The Kier molecular flexibility index (Phi) is 64.0. The third-order valence-corrected chi connectivity index (χ3v) is 15.7. The molecule has 0 N–H and O–H groups in total. The number of carbonyl (C=O) groups is 1. The molecule has 68 heavy (non-hydrogen) atoms. The normalized spacial score (nSPS) is 11.6. The fourth-order valence-electron chi connectivity index (χ4n) is 10.9. The van der Waals surface area contributed by atoms with Crippen molar-refractivity contribution >= 4 is 5.97 Å². The van der Waals surface area contributed by atoms with Crippen molar-refractivity contribution in [2.24, 2.45) is 0 Å². The van der Waals surface area contributed by atoms with Crippen LogP contribution in [0, 0.1) is 0 Å². The lowest BCUT2D eigenvalue weighted by Gasteiger charge is -2.06. The molecule has 0 saturated heterocycles. The van der Waals surface area contributed by atoms with Crippen molar-refractivity contribution in [3.8, 4) is 0 Å². The molecule has 408 valence electrons. The Morgan fingerprint density at radius 1 is 0.191 bits per heavy atom. The fraction of sp³-hybridized carbons (Fsp3) is 0.985. The van der Waals surface area contributed by atoms with Crippen molar-refractivity contribution in [2.45, 2.75) is 412 Å². The first-order valence-corrected chi connectivity index (χ1v) is 33.0. The summed E-state index contributed by atoms with van der Waals surface area (Å²) in [6.45, 7) is 5.25. The smallest absolute Gasteiger partial charge is 0.305 e. The van der Waals surface area contributed by atoms with E-state index >= 15 is 0 Å². The molecule has 0 spiro atoms. The molecule has 0 fully saturated rings. The molecule has 0 aromatic rings. The minimum absolute atomic E-state index is 0.0366. The van der Waals surface area contributed by atoms with Crippen molar-refractivity contribution in [1.82, 2.24) is 0 Å². The van der Waals surface area contributed by atoms with Crippen LogP contribution in [0.1, 0.15) is 412 Å². The number of unbranched alkanes of at least 4 members (excludes halogenated alkanes) is 59. The standard InChI is InChI=1S/C66H132O2/c1-3-5-7-9-11-13-15-17-19-21-23-25-26-27-28-29-30-31-32-33-34-35-36-37-38-39-40-41-42-43-44-45-46-48-50-52-54-56-58-60-62-64-66(67)68-65-63-61-59-57-55-53-51-49-47-24-22-20-18-16-14-12-10-8-6-4-2/h3-65H2,1-2H3. The molecular formula is C66H132O2. The molecule has 0 aliphatic heterocycles. The lowest BCUT2D eigenvalue weighted by atomic mass is 10.0. The first kappa shape index (κ1) is 67.5. The van der Waals surface area contributed by atoms with Crippen molar-refractivity contribution in [2.75, 3.05) is 6.61 Å². The Morgan fingerprint density at radius 3 is 0.485 bits per heavy atom. The van der Waals surface area contributed by atoms with E-state index in [0.717, 1.165) is 12.8 Å². The summed E-state index contributed by atoms with van der Waals surface area (Å²) < 4.78 is 5.52. The molecule has 0 atom stereocenters. The molecule has 0 bridgehead atoms. The molecule has 0 unspecified atom stereocenters. The molecule has 0 aromatic heterocycles. The second kappa shape index (κ2) is 64.5. The van der Waals surface area contributed by atoms with Crippen LogP contribution in [-0.2, 0) is 9.53 Å². The summed E-state index contributed by atoms with van der Waals surface area (Å²) >= 11 is 0. The van der Waals surface area contributed by atoms with Gasteiger partial charge in [-0.05, 0) is 12.8 Å². The number of esters is 1. The molecule has 0 aliphatic carbocycles. The maximum Gasteiger partial charge on any atom is 0.305 e. The van der Waals surface area contributed by atoms with Crippen molar-refractivity contribution in [1.29, 1.82) is 0 Å². The van der Waals surface area contributed by atoms with Gasteiger partial charge in [-0.15, -0.1) is 0 Å². The van der Waals surface area contributed by atoms with Gasteiger partial charge < -0.3 is 4.74 Å². The van der Waals surface area contributed by atoms with E-state index in [1.807, 2.05) is 0 Å². The van der Waals surface area contributed by atoms with Crippen molar-refractivity contribution in [3.63, 3.8) is 0 Å². The van der Waals surface area contributed by atoms with Crippen LogP contribution in [-0.4, -0.2) is 12.6 Å². The third kappa shape index (κ3) is 63.5. The lowest BCUT2D eigenvalue weighted by Crippen LogP contribution is -2.05. The third-order valence-electron chi connectivity index (χ3n) is 15.7. The van der Waals surface area contributed by atoms with E-state index in [4.69, 9.17) is 4.74 Å². The van der Waals surface area contributed by atoms with E-state index < -0.39 is 0 Å². The summed E-state index contributed by atoms with van der Waals surface area (Å²) in [6.07, 6.45) is 87.7. The number of ether oxygens (including phenoxy) is 1. The van der Waals surface area contributed by atoms with Gasteiger partial charge in [0.15, 0.2) is 0 Å². The van der Waals surface area contributed by atoms with E-state index in [2.05, 4.69) is 13.8 Å². The van der Waals surface area contributed by atoms with Gasteiger partial charge in [0.05, 0.1) is 6.61 Å². The fourth-order valence-corrected chi connectivity index (χ4v) is 10.9. The Bertz CT molecular complexity index is 867. The Morgan fingerprint density at radius 2 is 0.324 bits per heavy atom. The van der Waals surface area contributed by atoms with Gasteiger partial charge >= 0.3 is 5.97 Å². The SMILES string of the molecule is CCCCCCCCCCCCCCCCCCCCCCCCCCCCCCCCCCCCCCCCCCCC(=O)OCCCCCCCCCCCCCCCCCCCCCC. The average molecular weight is 958 g/mol. The molecular weight excluding hydrogens is 825 g/mol. The first-order chi connectivity index (χ1) is 33.8. The van der Waals surface area contributed by atoms with E-state index in [1.165, 1.54) is 379 Å². The Hall–Kier alpha value is -0.530. The second-order valence-corrected chi connectivity index (χ2v) is 22.8. The predicted molar refractivity (Wildman–Crippen MR) is 309 cm³/mol. The highest BCUT2D eigenvalue weighted by molar-refractivity contribution is 5.69. The van der Waals surface area contributed by atoms with Crippen LogP contribution in [0.5, 0.6) is 0 Å². The second-order valence-electron chi connectivity index (χ2n) is 22.8. The lowest BCUT2D eigenvalue weighted by molar-refractivity contribution is -0.143. The summed E-state index contributed by atoms with van der Waals surface area (Å²) in [4.78, 5) is 12.1. The van der Waals surface area contributed by atoms with E-state index in [1.54, 1.807) is 0 Å². The summed E-state index contributed by atoms with van der Waals surface area (Å²) in [5, 5.41) is 0. The van der Waals surface area contributed by atoms with Crippen molar-refractivity contribution in [3.05, 3.63) is 0 Å².